The van der Waals surface area contributed by atoms with Crippen molar-refractivity contribution in [1.82, 2.24) is 4.31 Å². The first-order chi connectivity index (χ1) is 14.4. The minimum atomic E-state index is -3.73. The number of carboxylic acids is 1. The molecule has 0 saturated carbocycles. The first-order valence-corrected chi connectivity index (χ1v) is 11.7. The average molecular weight is 447 g/mol. The van der Waals surface area contributed by atoms with Crippen molar-refractivity contribution in [1.29, 1.82) is 0 Å². The van der Waals surface area contributed by atoms with E-state index in [9.17, 15) is 13.2 Å². The molecule has 1 heterocycles. The number of aliphatic carboxylic acids is 1. The summed E-state index contributed by atoms with van der Waals surface area (Å²) in [5, 5.41) is 9.01. The number of carbonyl (C=O) groups is 1. The number of para-hydroxylation sites is 1. The van der Waals surface area contributed by atoms with Gasteiger partial charge in [-0.2, -0.15) is 4.31 Å². The Labute approximate surface area is 183 Å². The van der Waals surface area contributed by atoms with Crippen LogP contribution >= 0.6 is 0 Å². The Morgan fingerprint density at radius 2 is 1.81 bits per heavy atom. The van der Waals surface area contributed by atoms with E-state index in [1.54, 1.807) is 12.1 Å². The van der Waals surface area contributed by atoms with Gasteiger partial charge >= 0.3 is 5.97 Å². The molecule has 1 unspecified atom stereocenters. The number of hydrogen-bond donors (Lipinski definition) is 2. The van der Waals surface area contributed by atoms with Crippen LogP contribution < -0.4 is 10.5 Å². The highest BCUT2D eigenvalue weighted by atomic mass is 32.2. The zero-order valence-electron chi connectivity index (χ0n) is 18.1. The van der Waals surface area contributed by atoms with Crippen LogP contribution in [0.25, 0.3) is 0 Å². The smallest absolute Gasteiger partial charge is 0.320 e. The van der Waals surface area contributed by atoms with Crippen molar-refractivity contribution in [2.75, 3.05) is 13.1 Å². The predicted octanol–water partition coefficient (Wildman–Crippen LogP) is 2.90. The Kier molecular flexibility index (Phi) is 6.45. The summed E-state index contributed by atoms with van der Waals surface area (Å²) in [6, 6.07) is 14.7. The summed E-state index contributed by atoms with van der Waals surface area (Å²) < 4.78 is 34.1. The van der Waals surface area contributed by atoms with Crippen LogP contribution in [0, 0.1) is 5.41 Å². The predicted molar refractivity (Wildman–Crippen MR) is 118 cm³/mol. The number of benzene rings is 2. The van der Waals surface area contributed by atoms with Gasteiger partial charge in [0.1, 0.15) is 17.4 Å². The zero-order chi connectivity index (χ0) is 22.9. The molecule has 0 radical (unpaired) electrons. The molecule has 3 rings (SSSR count). The monoisotopic (exact) mass is 446 g/mol. The molecule has 2 aromatic carbocycles. The van der Waals surface area contributed by atoms with Gasteiger partial charge in [-0.25, -0.2) is 8.42 Å². The van der Waals surface area contributed by atoms with E-state index < -0.39 is 27.6 Å². The van der Waals surface area contributed by atoms with Crippen LogP contribution in [-0.4, -0.2) is 48.5 Å². The Morgan fingerprint density at radius 1 is 1.16 bits per heavy atom. The first kappa shape index (κ1) is 23.2. The number of sulfonamides is 1. The van der Waals surface area contributed by atoms with E-state index >= 15 is 0 Å². The molecule has 0 aliphatic carbocycles. The standard InChI is InChI=1S/C23H30N2O5S/c1-22(2,3)14-23(30-18-9-5-4-6-10-18)15-25(16-23)31(28,29)19-11-7-8-17(12-19)13-20(24)21(26)27/h4-12,20H,13-16,24H2,1-3H3,(H,26,27). The molecule has 0 bridgehead atoms. The summed E-state index contributed by atoms with van der Waals surface area (Å²) >= 11 is 0. The van der Waals surface area contributed by atoms with Crippen LogP contribution in [0.4, 0.5) is 0 Å². The molecular formula is C23H30N2O5S. The molecule has 7 nitrogen and oxygen atoms in total. The van der Waals surface area contributed by atoms with E-state index in [1.807, 2.05) is 30.3 Å². The molecule has 3 N–H and O–H groups in total. The van der Waals surface area contributed by atoms with Crippen LogP contribution in [0.2, 0.25) is 0 Å². The van der Waals surface area contributed by atoms with Gasteiger partial charge in [-0.1, -0.05) is 51.1 Å². The molecule has 1 aliphatic rings. The number of nitrogens with two attached hydrogens (primary N) is 1. The Morgan fingerprint density at radius 3 is 2.39 bits per heavy atom. The Hall–Kier alpha value is -2.42. The van der Waals surface area contributed by atoms with Gasteiger partial charge in [-0.05, 0) is 48.1 Å². The summed E-state index contributed by atoms with van der Waals surface area (Å²) in [6.45, 7) is 6.82. The number of ether oxygens (including phenoxy) is 1. The zero-order valence-corrected chi connectivity index (χ0v) is 18.9. The third-order valence-corrected chi connectivity index (χ3v) is 6.96. The molecule has 168 valence electrons. The molecule has 31 heavy (non-hydrogen) atoms. The molecule has 1 atom stereocenters. The fourth-order valence-corrected chi connectivity index (χ4v) is 5.67. The van der Waals surface area contributed by atoms with Crippen molar-refractivity contribution < 1.29 is 23.1 Å². The molecule has 8 heteroatoms. The Bertz CT molecular complexity index is 1030. The summed E-state index contributed by atoms with van der Waals surface area (Å²) in [5.74, 6) is -0.408. The first-order valence-electron chi connectivity index (χ1n) is 10.2. The SMILES string of the molecule is CC(C)(C)CC1(Oc2ccccc2)CN(S(=O)(=O)c2cccc(CC(N)C(=O)O)c2)C1. The molecular weight excluding hydrogens is 416 g/mol. The molecule has 0 aromatic heterocycles. The van der Waals surface area contributed by atoms with E-state index in [0.717, 1.165) is 0 Å². The molecule has 1 fully saturated rings. The van der Waals surface area contributed by atoms with Crippen molar-refractivity contribution >= 4 is 16.0 Å². The summed E-state index contributed by atoms with van der Waals surface area (Å²) in [7, 11) is -3.73. The third-order valence-electron chi connectivity index (χ3n) is 5.17. The second-order valence-corrected chi connectivity index (χ2v) is 11.3. The van der Waals surface area contributed by atoms with E-state index in [-0.39, 0.29) is 29.8 Å². The van der Waals surface area contributed by atoms with E-state index in [4.69, 9.17) is 15.6 Å². The maximum atomic E-state index is 13.2. The molecule has 0 spiro atoms. The maximum absolute atomic E-state index is 13.2. The highest BCUT2D eigenvalue weighted by molar-refractivity contribution is 7.89. The van der Waals surface area contributed by atoms with Crippen LogP contribution in [-0.2, 0) is 21.2 Å². The second kappa shape index (κ2) is 8.61. The fourth-order valence-electron chi connectivity index (χ4n) is 4.01. The van der Waals surface area contributed by atoms with Crippen molar-refractivity contribution in [3.8, 4) is 5.75 Å². The van der Waals surface area contributed by atoms with E-state index in [0.29, 0.717) is 17.7 Å². The van der Waals surface area contributed by atoms with Gasteiger partial charge in [-0.15, -0.1) is 0 Å². The number of nitrogens with zero attached hydrogens (tertiary/aromatic N) is 1. The largest absolute Gasteiger partial charge is 0.484 e. The van der Waals surface area contributed by atoms with Crippen LogP contribution in [0.5, 0.6) is 5.75 Å². The van der Waals surface area contributed by atoms with Crippen LogP contribution in [0.3, 0.4) is 0 Å². The number of rotatable bonds is 8. The van der Waals surface area contributed by atoms with Crippen molar-refractivity contribution in [3.05, 3.63) is 60.2 Å². The maximum Gasteiger partial charge on any atom is 0.320 e. The molecule has 1 aliphatic heterocycles. The average Bonchev–Trinajstić information content (AvgIpc) is 2.65. The second-order valence-electron chi connectivity index (χ2n) is 9.40. The van der Waals surface area contributed by atoms with Crippen molar-refractivity contribution in [2.45, 2.75) is 50.2 Å². The third kappa shape index (κ3) is 5.64. The molecule has 2 aromatic rings. The lowest BCUT2D eigenvalue weighted by Gasteiger charge is -2.51. The minimum Gasteiger partial charge on any atom is -0.484 e. The number of carboxylic acid groups (broad SMARTS) is 1. The van der Waals surface area contributed by atoms with Gasteiger partial charge in [0.25, 0.3) is 0 Å². The summed E-state index contributed by atoms with van der Waals surface area (Å²) in [5.41, 5.74) is 5.52. The minimum absolute atomic E-state index is 0.0441. The Balaban J connectivity index is 1.79. The normalized spacial score (nSPS) is 17.5. The topological polar surface area (TPSA) is 110 Å². The van der Waals surface area contributed by atoms with E-state index in [2.05, 4.69) is 20.8 Å². The van der Waals surface area contributed by atoms with Crippen LogP contribution in [0.1, 0.15) is 32.8 Å². The van der Waals surface area contributed by atoms with Gasteiger partial charge in [0, 0.05) is 0 Å². The highest BCUT2D eigenvalue weighted by Gasteiger charge is 2.52. The molecule has 0 amide bonds. The van der Waals surface area contributed by atoms with Crippen molar-refractivity contribution in [3.63, 3.8) is 0 Å². The van der Waals surface area contributed by atoms with Crippen LogP contribution in [0.15, 0.2) is 59.5 Å². The van der Waals surface area contributed by atoms with Gasteiger partial charge in [0.05, 0.1) is 18.0 Å². The summed E-state index contributed by atoms with van der Waals surface area (Å²) in [6.07, 6.45) is 0.762. The highest BCUT2D eigenvalue weighted by Crippen LogP contribution is 2.40. The fraction of sp³-hybridized carbons (Fsp3) is 0.435. The molecule has 1 saturated heterocycles. The van der Waals surface area contributed by atoms with Crippen molar-refractivity contribution in [2.24, 2.45) is 11.1 Å². The lowest BCUT2D eigenvalue weighted by Crippen LogP contribution is -2.67. The van der Waals surface area contributed by atoms with Gasteiger partial charge < -0.3 is 15.6 Å². The van der Waals surface area contributed by atoms with Gasteiger partial charge in [0.15, 0.2) is 0 Å². The van der Waals surface area contributed by atoms with Gasteiger partial charge in [-0.3, -0.25) is 4.79 Å². The van der Waals surface area contributed by atoms with Gasteiger partial charge in [0.2, 0.25) is 10.0 Å². The summed E-state index contributed by atoms with van der Waals surface area (Å²) in [4.78, 5) is 11.2. The number of hydrogen-bond acceptors (Lipinski definition) is 5. The quantitative estimate of drug-likeness (QED) is 0.645. The lowest BCUT2D eigenvalue weighted by molar-refractivity contribution is -0.138. The lowest BCUT2D eigenvalue weighted by atomic mass is 9.78. The van der Waals surface area contributed by atoms with E-state index in [1.165, 1.54) is 16.4 Å².